The second-order valence-corrected chi connectivity index (χ2v) is 24.3. The van der Waals surface area contributed by atoms with Gasteiger partial charge < -0.3 is 48.4 Å². The molecular weight excluding hydrogens is 879 g/mol. The molecule has 2 aromatic rings. The number of rotatable bonds is 14. The Kier molecular flexibility index (Phi) is 15.1. The van der Waals surface area contributed by atoms with E-state index >= 15 is 9.59 Å². The molecule has 0 spiro atoms. The van der Waals surface area contributed by atoms with Gasteiger partial charge in [-0.15, -0.1) is 0 Å². The van der Waals surface area contributed by atoms with E-state index in [1.807, 2.05) is 27.7 Å². The van der Waals surface area contributed by atoms with E-state index in [9.17, 15) is 24.6 Å². The highest BCUT2D eigenvalue weighted by atomic mass is 28.3. The van der Waals surface area contributed by atoms with Gasteiger partial charge in [-0.1, -0.05) is 90.1 Å². The third-order valence-corrected chi connectivity index (χ3v) is 17.3. The van der Waals surface area contributed by atoms with E-state index in [0.717, 1.165) is 0 Å². The Hall–Kier alpha value is -4.45. The molecule has 2 saturated carbocycles. The number of methoxy groups -OCH3 is 1. The number of ketones is 1. The lowest BCUT2D eigenvalue weighted by atomic mass is 9.43. The number of hydrogen-bond donors (Lipinski definition) is 3. The first kappa shape index (κ1) is 51.9. The normalized spacial score (nSPS) is 31.0. The Balaban J connectivity index is 1.57. The number of fused-ring (bicyclic) bond motifs is 5. The summed E-state index contributed by atoms with van der Waals surface area (Å²) in [5.74, 6) is -5.53. The summed E-state index contributed by atoms with van der Waals surface area (Å²) in [6, 6.07) is 15.9. The van der Waals surface area contributed by atoms with Crippen LogP contribution in [-0.4, -0.2) is 117 Å². The SMILES string of the molecule is CO[C@H]1C[C@H]2OC[C@@]2(OC(C)=O)C2C(OC(=O)c3ccccc3)[C@]3(O)C[C@H](OC(=O)[C@H](O[Si](C(C)C)C(C)C)[C@@H](NC(=O)OC(C)(C)C)c4ccccc4)C(C)=C([C@@H](CO)C(=O)[C@@]21C)C3(C)C. The summed E-state index contributed by atoms with van der Waals surface area (Å²) in [5.41, 5.74) is -6.52. The largest absolute Gasteiger partial charge is 0.456 e. The first-order chi connectivity index (χ1) is 31.3. The number of benzene rings is 2. The van der Waals surface area contributed by atoms with Crippen molar-refractivity contribution in [2.24, 2.45) is 22.7 Å². The van der Waals surface area contributed by atoms with Crippen molar-refractivity contribution < 1.29 is 67.0 Å². The number of alkyl carbamates (subject to hydrolysis) is 1. The maximum Gasteiger partial charge on any atom is 0.408 e. The highest BCUT2D eigenvalue weighted by Gasteiger charge is 2.78. The Morgan fingerprint density at radius 3 is 2.04 bits per heavy atom. The van der Waals surface area contributed by atoms with Gasteiger partial charge in [0.1, 0.15) is 29.5 Å². The maximum absolute atomic E-state index is 15.8. The lowest BCUT2D eigenvalue weighted by Gasteiger charge is -2.68. The average molecular weight is 949 g/mol. The predicted octanol–water partition coefficient (Wildman–Crippen LogP) is 7.00. The van der Waals surface area contributed by atoms with Gasteiger partial charge in [0.05, 0.1) is 48.2 Å². The Morgan fingerprint density at radius 1 is 0.940 bits per heavy atom. The first-order valence-electron chi connectivity index (χ1n) is 23.3. The Morgan fingerprint density at radius 2 is 1.54 bits per heavy atom. The summed E-state index contributed by atoms with van der Waals surface area (Å²) in [7, 11) is -0.380. The zero-order chi connectivity index (χ0) is 49.6. The topological polar surface area (TPSA) is 202 Å². The highest BCUT2D eigenvalue weighted by Crippen LogP contribution is 2.65. The summed E-state index contributed by atoms with van der Waals surface area (Å²) >= 11 is 0. The third-order valence-electron chi connectivity index (χ3n) is 14.5. The van der Waals surface area contributed by atoms with Gasteiger partial charge in [-0.05, 0) is 74.5 Å². The van der Waals surface area contributed by atoms with Gasteiger partial charge >= 0.3 is 24.0 Å². The van der Waals surface area contributed by atoms with E-state index in [-0.39, 0.29) is 41.7 Å². The second-order valence-electron chi connectivity index (χ2n) is 20.9. The van der Waals surface area contributed by atoms with Crippen LogP contribution in [0.15, 0.2) is 71.8 Å². The summed E-state index contributed by atoms with van der Waals surface area (Å²) in [4.78, 5) is 72.4. The van der Waals surface area contributed by atoms with Crippen LogP contribution >= 0.6 is 0 Å². The summed E-state index contributed by atoms with van der Waals surface area (Å²) in [6.45, 7) is 20.3. The van der Waals surface area contributed by atoms with Crippen LogP contribution in [0.3, 0.4) is 0 Å². The monoisotopic (exact) mass is 948 g/mol. The summed E-state index contributed by atoms with van der Waals surface area (Å²) in [6.07, 6.45) is -7.26. The van der Waals surface area contributed by atoms with Crippen molar-refractivity contribution >= 4 is 38.8 Å². The quantitative estimate of drug-likeness (QED) is 0.0756. The zero-order valence-electron chi connectivity index (χ0n) is 41.2. The van der Waals surface area contributed by atoms with Gasteiger partial charge in [0.15, 0.2) is 17.5 Å². The van der Waals surface area contributed by atoms with E-state index in [2.05, 4.69) is 5.32 Å². The molecule has 2 bridgehead atoms. The number of esters is 3. The van der Waals surface area contributed by atoms with Crippen LogP contribution in [0, 0.1) is 22.7 Å². The minimum atomic E-state index is -2.23. The van der Waals surface area contributed by atoms with Crippen LogP contribution in [0.4, 0.5) is 4.79 Å². The van der Waals surface area contributed by atoms with E-state index in [0.29, 0.717) is 11.1 Å². The fourth-order valence-corrected chi connectivity index (χ4v) is 13.9. The van der Waals surface area contributed by atoms with Crippen LogP contribution in [-0.2, 0) is 47.2 Å². The van der Waals surface area contributed by atoms with E-state index < -0.39 is 121 Å². The Bertz CT molecular complexity index is 2180. The zero-order valence-corrected chi connectivity index (χ0v) is 42.2. The predicted molar refractivity (Wildman–Crippen MR) is 248 cm³/mol. The minimum Gasteiger partial charge on any atom is -0.456 e. The first-order valence-corrected chi connectivity index (χ1v) is 24.8. The molecule has 2 aromatic carbocycles. The lowest BCUT2D eigenvalue weighted by Crippen LogP contribution is -2.81. The molecule has 3 aliphatic carbocycles. The van der Waals surface area contributed by atoms with Crippen molar-refractivity contribution in [3.8, 4) is 0 Å². The number of Topliss-reactive ketones (excluding diaryl/α,β-unsaturated/α-hetero) is 1. The van der Waals surface area contributed by atoms with Gasteiger partial charge in [0.2, 0.25) is 9.04 Å². The van der Waals surface area contributed by atoms with Gasteiger partial charge in [-0.2, -0.15) is 0 Å². The molecule has 11 atom stereocenters. The summed E-state index contributed by atoms with van der Waals surface area (Å²) < 4.78 is 44.2. The molecule has 2 unspecified atom stereocenters. The number of aliphatic hydroxyl groups excluding tert-OH is 1. The number of aliphatic hydroxyl groups is 2. The molecule has 1 heterocycles. The molecule has 1 aliphatic heterocycles. The minimum absolute atomic E-state index is 0.00545. The Labute approximate surface area is 396 Å². The molecule has 367 valence electrons. The van der Waals surface area contributed by atoms with Crippen molar-refractivity contribution in [2.75, 3.05) is 20.3 Å². The molecule has 3 N–H and O–H groups in total. The molecule has 1 amide bonds. The molecule has 3 fully saturated rings. The number of hydrogen-bond acceptors (Lipinski definition) is 14. The van der Waals surface area contributed by atoms with Gasteiger partial charge in [0.25, 0.3) is 0 Å². The molecular formula is C51H70NO14Si. The van der Waals surface area contributed by atoms with Crippen LogP contribution < -0.4 is 5.32 Å². The second kappa shape index (κ2) is 19.5. The van der Waals surface area contributed by atoms with Crippen molar-refractivity contribution in [3.63, 3.8) is 0 Å². The van der Waals surface area contributed by atoms with Crippen LogP contribution in [0.5, 0.6) is 0 Å². The number of nitrogens with one attached hydrogen (secondary N) is 1. The van der Waals surface area contributed by atoms with Crippen LogP contribution in [0.1, 0.15) is 118 Å². The fourth-order valence-electron chi connectivity index (χ4n) is 11.5. The molecule has 67 heavy (non-hydrogen) atoms. The molecule has 6 rings (SSSR count). The van der Waals surface area contributed by atoms with E-state index in [1.54, 1.807) is 109 Å². The van der Waals surface area contributed by atoms with Gasteiger partial charge in [-0.25, -0.2) is 14.4 Å². The highest BCUT2D eigenvalue weighted by molar-refractivity contribution is 6.55. The molecule has 15 nitrogen and oxygen atoms in total. The maximum atomic E-state index is 15.8. The van der Waals surface area contributed by atoms with E-state index in [4.69, 9.17) is 32.8 Å². The van der Waals surface area contributed by atoms with Crippen LogP contribution in [0.2, 0.25) is 11.1 Å². The fraction of sp³-hybridized carbons (Fsp3) is 0.627. The van der Waals surface area contributed by atoms with Gasteiger partial charge in [0, 0.05) is 32.3 Å². The molecule has 1 radical (unpaired) electrons. The third kappa shape index (κ3) is 9.50. The molecule has 1 saturated heterocycles. The van der Waals surface area contributed by atoms with Crippen molar-refractivity contribution in [2.45, 2.75) is 160 Å². The lowest BCUT2D eigenvalue weighted by molar-refractivity contribution is -0.347. The van der Waals surface area contributed by atoms with Crippen molar-refractivity contribution in [1.29, 1.82) is 0 Å². The number of carbonyl (C=O) groups excluding carboxylic acids is 5. The molecule has 16 heteroatoms. The smallest absolute Gasteiger partial charge is 0.408 e. The number of amides is 1. The van der Waals surface area contributed by atoms with Gasteiger partial charge in [-0.3, -0.25) is 9.59 Å². The van der Waals surface area contributed by atoms with Crippen LogP contribution in [0.25, 0.3) is 0 Å². The average Bonchev–Trinajstić information content (AvgIpc) is 3.24. The molecule has 0 aromatic heterocycles. The number of ether oxygens (including phenoxy) is 6. The number of carbonyl (C=O) groups is 5. The van der Waals surface area contributed by atoms with E-state index in [1.165, 1.54) is 14.0 Å². The van der Waals surface area contributed by atoms with Crippen molar-refractivity contribution in [3.05, 3.63) is 82.9 Å². The molecule has 4 aliphatic rings. The van der Waals surface area contributed by atoms with Crippen molar-refractivity contribution in [1.82, 2.24) is 5.32 Å². The summed E-state index contributed by atoms with van der Waals surface area (Å²) in [5, 5.41) is 28.4. The standard InChI is InChI=1S/C51H70NO14Si/c1-28(2)67(29(3)4)66-40(39(32-20-16-14-17-21-32)52-46(58)65-47(7,8)9)45(57)62-35-25-51(59)43(63-44(56)33-22-18-15-19-23-33)41-49(12,42(55)34(26-53)38(30(35)5)48(51,10)11)36(60-13)24-37-50(41,27-61-37)64-31(6)54/h14-23,28-29,34-37,39-41,43,53,59H,24-27H2,1-13H3,(H,52,58)/t34-,35+,36+,37-,39+,40-,41?,43?,49-,50+,51-/m1/s1.